The Morgan fingerprint density at radius 1 is 1.43 bits per heavy atom. The Morgan fingerprint density at radius 3 is 2.64 bits per heavy atom. The number of hydrogen-bond donors (Lipinski definition) is 0. The Bertz CT molecular complexity index is 285. The highest BCUT2D eigenvalue weighted by molar-refractivity contribution is 6.30. The molecule has 0 radical (unpaired) electrons. The Balaban J connectivity index is 2.49. The van der Waals surface area contributed by atoms with E-state index in [4.69, 9.17) is 16.3 Å². The third-order valence-corrected chi connectivity index (χ3v) is 2.13. The molecule has 1 rings (SSSR count). The van der Waals surface area contributed by atoms with Gasteiger partial charge in [0, 0.05) is 0 Å². The number of hydrogen-bond acceptors (Lipinski definition) is 2. The number of benzene rings is 1. The molecule has 0 aliphatic rings. The summed E-state index contributed by atoms with van der Waals surface area (Å²) in [5.74, 6) is -0.349. The maximum Gasteiger partial charge on any atom is 0.324 e. The van der Waals surface area contributed by atoms with E-state index in [1.807, 2.05) is 30.3 Å². The van der Waals surface area contributed by atoms with Crippen molar-refractivity contribution in [3.05, 3.63) is 35.9 Å². The summed E-state index contributed by atoms with van der Waals surface area (Å²) >= 11 is 5.87. The van der Waals surface area contributed by atoms with Crippen LogP contribution in [0.15, 0.2) is 30.3 Å². The average Bonchev–Trinajstić information content (AvgIpc) is 2.19. The minimum Gasteiger partial charge on any atom is -0.465 e. The van der Waals surface area contributed by atoms with Crippen LogP contribution in [-0.2, 0) is 16.0 Å². The van der Waals surface area contributed by atoms with Gasteiger partial charge in [0.15, 0.2) is 0 Å². The maximum absolute atomic E-state index is 11.2. The van der Waals surface area contributed by atoms with Crippen LogP contribution in [0, 0.1) is 0 Å². The van der Waals surface area contributed by atoms with Crippen molar-refractivity contribution in [1.29, 1.82) is 0 Å². The van der Waals surface area contributed by atoms with E-state index in [2.05, 4.69) is 0 Å². The fourth-order valence-corrected chi connectivity index (χ4v) is 1.38. The highest BCUT2D eigenvalue weighted by Crippen LogP contribution is 2.09. The quantitative estimate of drug-likeness (QED) is 0.566. The molecule has 76 valence electrons. The van der Waals surface area contributed by atoms with Gasteiger partial charge in [-0.15, -0.1) is 11.6 Å². The Hall–Kier alpha value is -1.02. The molecule has 0 saturated heterocycles. The molecule has 14 heavy (non-hydrogen) atoms. The van der Waals surface area contributed by atoms with Gasteiger partial charge in [0.25, 0.3) is 0 Å². The van der Waals surface area contributed by atoms with E-state index in [1.165, 1.54) is 0 Å². The van der Waals surface area contributed by atoms with E-state index in [0.717, 1.165) is 5.56 Å². The van der Waals surface area contributed by atoms with Crippen molar-refractivity contribution < 1.29 is 9.53 Å². The average molecular weight is 213 g/mol. The van der Waals surface area contributed by atoms with Crippen LogP contribution < -0.4 is 0 Å². The van der Waals surface area contributed by atoms with Gasteiger partial charge in [0.1, 0.15) is 5.38 Å². The molecule has 0 aliphatic heterocycles. The van der Waals surface area contributed by atoms with E-state index in [0.29, 0.717) is 13.0 Å². The van der Waals surface area contributed by atoms with Crippen molar-refractivity contribution in [1.82, 2.24) is 0 Å². The third kappa shape index (κ3) is 3.38. The highest BCUT2D eigenvalue weighted by Gasteiger charge is 2.16. The van der Waals surface area contributed by atoms with Crippen LogP contribution in [0.3, 0.4) is 0 Å². The Morgan fingerprint density at radius 2 is 2.07 bits per heavy atom. The van der Waals surface area contributed by atoms with Gasteiger partial charge in [0.2, 0.25) is 0 Å². The molecular formula is C11H13ClO2. The fourth-order valence-electron chi connectivity index (χ4n) is 1.14. The van der Waals surface area contributed by atoms with Crippen molar-refractivity contribution in [2.24, 2.45) is 0 Å². The zero-order chi connectivity index (χ0) is 10.4. The molecule has 2 nitrogen and oxygen atoms in total. The molecule has 0 aromatic heterocycles. The van der Waals surface area contributed by atoms with Gasteiger partial charge in [-0.05, 0) is 18.9 Å². The molecule has 0 fully saturated rings. The van der Waals surface area contributed by atoms with Crippen LogP contribution in [0.1, 0.15) is 12.5 Å². The lowest BCUT2D eigenvalue weighted by molar-refractivity contribution is -0.142. The summed E-state index contributed by atoms with van der Waals surface area (Å²) in [6, 6.07) is 9.65. The van der Waals surface area contributed by atoms with Gasteiger partial charge < -0.3 is 4.74 Å². The molecule has 1 unspecified atom stereocenters. The van der Waals surface area contributed by atoms with Crippen molar-refractivity contribution >= 4 is 17.6 Å². The number of esters is 1. The van der Waals surface area contributed by atoms with E-state index < -0.39 is 5.38 Å². The largest absolute Gasteiger partial charge is 0.465 e. The number of carbonyl (C=O) groups is 1. The maximum atomic E-state index is 11.2. The van der Waals surface area contributed by atoms with Crippen molar-refractivity contribution in [3.63, 3.8) is 0 Å². The van der Waals surface area contributed by atoms with Crippen LogP contribution in [-0.4, -0.2) is 18.0 Å². The molecule has 1 aromatic carbocycles. The molecule has 0 N–H and O–H groups in total. The topological polar surface area (TPSA) is 26.3 Å². The van der Waals surface area contributed by atoms with Crippen molar-refractivity contribution in [2.45, 2.75) is 18.7 Å². The highest BCUT2D eigenvalue weighted by atomic mass is 35.5. The van der Waals surface area contributed by atoms with Gasteiger partial charge in [0.05, 0.1) is 6.61 Å². The van der Waals surface area contributed by atoms with Gasteiger partial charge in [-0.3, -0.25) is 4.79 Å². The molecule has 3 heteroatoms. The first-order valence-electron chi connectivity index (χ1n) is 4.58. The minimum absolute atomic E-state index is 0.349. The zero-order valence-electron chi connectivity index (χ0n) is 8.07. The van der Waals surface area contributed by atoms with Crippen LogP contribution in [0.25, 0.3) is 0 Å². The Labute approximate surface area is 88.8 Å². The lowest BCUT2D eigenvalue weighted by Crippen LogP contribution is -2.20. The van der Waals surface area contributed by atoms with Crippen molar-refractivity contribution in [2.75, 3.05) is 6.61 Å². The first kappa shape index (κ1) is 11.1. The molecule has 1 aromatic rings. The molecular weight excluding hydrogens is 200 g/mol. The molecule has 0 amide bonds. The van der Waals surface area contributed by atoms with Gasteiger partial charge in [-0.1, -0.05) is 30.3 Å². The van der Waals surface area contributed by atoms with Crippen molar-refractivity contribution in [3.8, 4) is 0 Å². The van der Waals surface area contributed by atoms with Gasteiger partial charge in [-0.2, -0.15) is 0 Å². The molecule has 0 saturated carbocycles. The van der Waals surface area contributed by atoms with Crippen LogP contribution in [0.2, 0.25) is 0 Å². The zero-order valence-corrected chi connectivity index (χ0v) is 8.83. The van der Waals surface area contributed by atoms with Crippen LogP contribution in [0.4, 0.5) is 0 Å². The number of ether oxygens (including phenoxy) is 1. The molecule has 0 spiro atoms. The molecule has 0 heterocycles. The minimum atomic E-state index is -0.586. The fraction of sp³-hybridized carbons (Fsp3) is 0.364. The summed E-state index contributed by atoms with van der Waals surface area (Å²) in [7, 11) is 0. The van der Waals surface area contributed by atoms with E-state index >= 15 is 0 Å². The summed E-state index contributed by atoms with van der Waals surface area (Å²) in [6.07, 6.45) is 0.515. The monoisotopic (exact) mass is 212 g/mol. The summed E-state index contributed by atoms with van der Waals surface area (Å²) in [4.78, 5) is 11.2. The number of rotatable bonds is 4. The lowest BCUT2D eigenvalue weighted by Gasteiger charge is -2.08. The van der Waals surface area contributed by atoms with Gasteiger partial charge >= 0.3 is 5.97 Å². The van der Waals surface area contributed by atoms with E-state index in [9.17, 15) is 4.79 Å². The summed E-state index contributed by atoms with van der Waals surface area (Å²) in [6.45, 7) is 2.14. The number of carbonyl (C=O) groups excluding carboxylic acids is 1. The predicted octanol–water partition coefficient (Wildman–Crippen LogP) is 2.40. The smallest absolute Gasteiger partial charge is 0.324 e. The Kier molecular flexibility index (Phi) is 4.47. The SMILES string of the molecule is CCOC(=O)C(Cl)Cc1ccccc1. The molecule has 1 atom stereocenters. The summed E-state index contributed by atoms with van der Waals surface area (Å²) in [5, 5.41) is -0.586. The first-order chi connectivity index (χ1) is 6.74. The third-order valence-electron chi connectivity index (χ3n) is 1.80. The second-order valence-corrected chi connectivity index (χ2v) is 3.44. The standard InChI is InChI=1S/C11H13ClO2/c1-2-14-11(13)10(12)8-9-6-4-3-5-7-9/h3-7,10H,2,8H2,1H3. The first-order valence-corrected chi connectivity index (χ1v) is 5.02. The number of alkyl halides is 1. The molecule has 0 aliphatic carbocycles. The van der Waals surface area contributed by atoms with E-state index in [1.54, 1.807) is 6.92 Å². The molecule has 0 bridgehead atoms. The predicted molar refractivity (Wildman–Crippen MR) is 56.4 cm³/mol. The second kappa shape index (κ2) is 5.66. The number of halogens is 1. The second-order valence-electron chi connectivity index (χ2n) is 2.91. The summed E-state index contributed by atoms with van der Waals surface area (Å²) < 4.78 is 4.80. The van der Waals surface area contributed by atoms with E-state index in [-0.39, 0.29) is 5.97 Å². The van der Waals surface area contributed by atoms with Gasteiger partial charge in [-0.25, -0.2) is 0 Å². The van der Waals surface area contributed by atoms with Crippen LogP contribution in [0.5, 0.6) is 0 Å². The lowest BCUT2D eigenvalue weighted by atomic mass is 10.1. The van der Waals surface area contributed by atoms with Crippen LogP contribution >= 0.6 is 11.6 Å². The summed E-state index contributed by atoms with van der Waals surface area (Å²) in [5.41, 5.74) is 1.04. The normalized spacial score (nSPS) is 12.1.